The standard InChI is InChI=1S/C17H11N5S2/c1-3-18-9-5-10(20-8(1)9)14-6-11-15(23-14)7-12(21-11)17-22-16-13(24-17)2-4-19-16/h1-7,18-21H. The summed E-state index contributed by atoms with van der Waals surface area (Å²) in [6.45, 7) is 0. The number of rotatable bonds is 2. The van der Waals surface area contributed by atoms with Gasteiger partial charge >= 0.3 is 0 Å². The fourth-order valence-corrected chi connectivity index (χ4v) is 5.03. The van der Waals surface area contributed by atoms with E-state index in [0.29, 0.717) is 0 Å². The van der Waals surface area contributed by atoms with Crippen molar-refractivity contribution in [3.63, 3.8) is 0 Å². The summed E-state index contributed by atoms with van der Waals surface area (Å²) in [5, 5.41) is 1.02. The van der Waals surface area contributed by atoms with Gasteiger partial charge in [-0.3, -0.25) is 0 Å². The van der Waals surface area contributed by atoms with E-state index in [2.05, 4.69) is 55.3 Å². The van der Waals surface area contributed by atoms with Gasteiger partial charge in [0.25, 0.3) is 0 Å². The van der Waals surface area contributed by atoms with Gasteiger partial charge in [0, 0.05) is 12.4 Å². The van der Waals surface area contributed by atoms with E-state index in [0.717, 1.165) is 38.6 Å². The Labute approximate surface area is 143 Å². The molecule has 0 bridgehead atoms. The third kappa shape index (κ3) is 1.70. The summed E-state index contributed by atoms with van der Waals surface area (Å²) in [5.74, 6) is 0. The van der Waals surface area contributed by atoms with Crippen LogP contribution in [0.25, 0.3) is 52.9 Å². The van der Waals surface area contributed by atoms with Crippen molar-refractivity contribution in [1.82, 2.24) is 24.9 Å². The van der Waals surface area contributed by atoms with Crippen molar-refractivity contribution in [1.29, 1.82) is 0 Å². The minimum atomic E-state index is 0.954. The highest BCUT2D eigenvalue weighted by Crippen LogP contribution is 2.38. The molecule has 0 amide bonds. The number of H-pyrrole nitrogens is 4. The van der Waals surface area contributed by atoms with E-state index in [4.69, 9.17) is 0 Å². The van der Waals surface area contributed by atoms with Crippen LogP contribution in [0.2, 0.25) is 0 Å². The Balaban J connectivity index is 1.45. The molecule has 4 N–H and O–H groups in total. The second-order valence-corrected chi connectivity index (χ2v) is 7.88. The number of aromatic amines is 4. The van der Waals surface area contributed by atoms with Crippen LogP contribution in [0.15, 0.2) is 42.7 Å². The molecule has 6 aromatic rings. The van der Waals surface area contributed by atoms with Crippen molar-refractivity contribution in [2.24, 2.45) is 0 Å². The number of nitrogens with zero attached hydrogens (tertiary/aromatic N) is 1. The maximum atomic E-state index is 4.65. The van der Waals surface area contributed by atoms with E-state index in [-0.39, 0.29) is 0 Å². The molecular formula is C17H11N5S2. The van der Waals surface area contributed by atoms with Crippen molar-refractivity contribution in [2.75, 3.05) is 0 Å². The second-order valence-electron chi connectivity index (χ2n) is 5.77. The second kappa shape index (κ2) is 4.40. The first-order chi connectivity index (χ1) is 11.8. The van der Waals surface area contributed by atoms with Crippen LogP contribution < -0.4 is 0 Å². The Morgan fingerprint density at radius 2 is 1.67 bits per heavy atom. The van der Waals surface area contributed by atoms with Crippen LogP contribution >= 0.6 is 22.7 Å². The van der Waals surface area contributed by atoms with Crippen molar-refractivity contribution < 1.29 is 0 Å². The van der Waals surface area contributed by atoms with E-state index >= 15 is 0 Å². The number of aromatic nitrogens is 5. The van der Waals surface area contributed by atoms with Gasteiger partial charge in [-0.2, -0.15) is 0 Å². The quantitative estimate of drug-likeness (QED) is 0.336. The maximum absolute atomic E-state index is 4.65. The fraction of sp³-hybridized carbons (Fsp3) is 0. The Morgan fingerprint density at radius 1 is 0.750 bits per heavy atom. The van der Waals surface area contributed by atoms with Crippen molar-refractivity contribution in [3.05, 3.63) is 42.7 Å². The number of hydrogen-bond acceptors (Lipinski definition) is 3. The number of hydrogen-bond donors (Lipinski definition) is 4. The molecule has 116 valence electrons. The molecular weight excluding hydrogens is 338 g/mol. The average molecular weight is 349 g/mol. The van der Waals surface area contributed by atoms with Gasteiger partial charge in [0.15, 0.2) is 0 Å². The normalized spacial score (nSPS) is 12.2. The monoisotopic (exact) mass is 349 g/mol. The molecule has 6 rings (SSSR count). The van der Waals surface area contributed by atoms with Gasteiger partial charge < -0.3 is 19.9 Å². The van der Waals surface area contributed by atoms with E-state index in [9.17, 15) is 0 Å². The van der Waals surface area contributed by atoms with E-state index in [1.807, 2.05) is 12.4 Å². The SMILES string of the molecule is c1cc2[nH]c(-c3cc4[nH]c(-c5nc6[nH]ccc6s5)cc4s3)cc2[nH]1. The molecule has 6 aromatic heterocycles. The predicted octanol–water partition coefficient (Wildman–Crippen LogP) is 5.31. The molecule has 5 nitrogen and oxygen atoms in total. The van der Waals surface area contributed by atoms with Gasteiger partial charge in [-0.1, -0.05) is 0 Å². The molecule has 6 heterocycles. The molecule has 0 atom stereocenters. The number of thiazole rings is 1. The fourth-order valence-electron chi connectivity index (χ4n) is 3.10. The van der Waals surface area contributed by atoms with Crippen molar-refractivity contribution in [3.8, 4) is 21.3 Å². The van der Waals surface area contributed by atoms with Gasteiger partial charge in [0.1, 0.15) is 10.7 Å². The van der Waals surface area contributed by atoms with E-state index in [1.165, 1.54) is 14.3 Å². The highest BCUT2D eigenvalue weighted by atomic mass is 32.1. The van der Waals surface area contributed by atoms with Gasteiger partial charge in [-0.25, -0.2) is 4.98 Å². The predicted molar refractivity (Wildman–Crippen MR) is 101 cm³/mol. The number of nitrogens with one attached hydrogen (secondary N) is 4. The lowest BCUT2D eigenvalue weighted by Gasteiger charge is -1.91. The minimum absolute atomic E-state index is 0.954. The zero-order chi connectivity index (χ0) is 15.7. The zero-order valence-corrected chi connectivity index (χ0v) is 13.9. The van der Waals surface area contributed by atoms with Crippen LogP contribution in [-0.2, 0) is 0 Å². The van der Waals surface area contributed by atoms with Crippen LogP contribution in [-0.4, -0.2) is 24.9 Å². The molecule has 0 aliphatic rings. The van der Waals surface area contributed by atoms with Crippen molar-refractivity contribution in [2.45, 2.75) is 0 Å². The summed E-state index contributed by atoms with van der Waals surface area (Å²) < 4.78 is 2.43. The minimum Gasteiger partial charge on any atom is -0.360 e. The smallest absolute Gasteiger partial charge is 0.149 e. The summed E-state index contributed by atoms with van der Waals surface area (Å²) in [5.41, 5.74) is 6.62. The Morgan fingerprint density at radius 3 is 2.54 bits per heavy atom. The lowest BCUT2D eigenvalue weighted by Crippen LogP contribution is -1.75. The van der Waals surface area contributed by atoms with E-state index in [1.54, 1.807) is 22.7 Å². The molecule has 0 aliphatic carbocycles. The maximum Gasteiger partial charge on any atom is 0.149 e. The lowest BCUT2D eigenvalue weighted by molar-refractivity contribution is 1.34. The van der Waals surface area contributed by atoms with Gasteiger partial charge in [0.2, 0.25) is 0 Å². The molecule has 0 saturated heterocycles. The first kappa shape index (κ1) is 12.6. The Kier molecular flexibility index (Phi) is 2.32. The Hall–Kier alpha value is -2.77. The summed E-state index contributed by atoms with van der Waals surface area (Å²) in [6.07, 6.45) is 3.88. The van der Waals surface area contributed by atoms with Crippen LogP contribution in [0.4, 0.5) is 0 Å². The molecule has 24 heavy (non-hydrogen) atoms. The molecule has 0 saturated carbocycles. The summed E-state index contributed by atoms with van der Waals surface area (Å²) in [6, 6.07) is 10.7. The van der Waals surface area contributed by atoms with Crippen LogP contribution in [0.1, 0.15) is 0 Å². The molecule has 0 unspecified atom stereocenters. The lowest BCUT2D eigenvalue weighted by atomic mass is 10.3. The molecule has 0 spiro atoms. The summed E-state index contributed by atoms with van der Waals surface area (Å²) in [7, 11) is 0. The zero-order valence-electron chi connectivity index (χ0n) is 12.3. The summed E-state index contributed by atoms with van der Waals surface area (Å²) in [4.78, 5) is 19.2. The van der Waals surface area contributed by atoms with E-state index < -0.39 is 0 Å². The highest BCUT2D eigenvalue weighted by molar-refractivity contribution is 7.22. The first-order valence-corrected chi connectivity index (χ1v) is 9.20. The largest absolute Gasteiger partial charge is 0.360 e. The van der Waals surface area contributed by atoms with Gasteiger partial charge in [-0.05, 0) is 30.3 Å². The van der Waals surface area contributed by atoms with Crippen LogP contribution in [0.5, 0.6) is 0 Å². The van der Waals surface area contributed by atoms with Gasteiger partial charge in [-0.15, -0.1) is 22.7 Å². The number of thiophene rings is 1. The molecule has 0 radical (unpaired) electrons. The molecule has 0 aliphatic heterocycles. The topological polar surface area (TPSA) is 76.0 Å². The van der Waals surface area contributed by atoms with Crippen LogP contribution in [0.3, 0.4) is 0 Å². The van der Waals surface area contributed by atoms with Crippen LogP contribution in [0, 0.1) is 0 Å². The summed E-state index contributed by atoms with van der Waals surface area (Å²) >= 11 is 3.49. The van der Waals surface area contributed by atoms with Crippen molar-refractivity contribution >= 4 is 54.3 Å². The van der Waals surface area contributed by atoms with Gasteiger partial charge in [0.05, 0.1) is 42.2 Å². The third-order valence-electron chi connectivity index (χ3n) is 4.25. The first-order valence-electron chi connectivity index (χ1n) is 7.57. The molecule has 0 aromatic carbocycles. The Bertz CT molecular complexity index is 1130. The third-order valence-corrected chi connectivity index (χ3v) is 6.42. The number of fused-ring (bicyclic) bond motifs is 3. The highest BCUT2D eigenvalue weighted by Gasteiger charge is 2.13. The average Bonchev–Trinajstić information content (AvgIpc) is 3.31. The molecule has 0 fully saturated rings. The molecule has 7 heteroatoms.